The number of hydrogen-bond acceptors (Lipinski definition) is 1. The highest BCUT2D eigenvalue weighted by molar-refractivity contribution is 9.10. The Kier molecular flexibility index (Phi) is 3.38. The maximum atomic E-state index is 11.3. The van der Waals surface area contributed by atoms with Crippen molar-refractivity contribution < 1.29 is 4.79 Å². The monoisotopic (exact) mass is 274 g/mol. The molecule has 0 unspecified atom stereocenters. The van der Waals surface area contributed by atoms with Gasteiger partial charge in [-0.1, -0.05) is 15.9 Å². The van der Waals surface area contributed by atoms with Gasteiger partial charge in [-0.15, -0.1) is 0 Å². The van der Waals surface area contributed by atoms with Gasteiger partial charge in [-0.05, 0) is 61.5 Å². The zero-order chi connectivity index (χ0) is 11.0. The summed E-state index contributed by atoms with van der Waals surface area (Å²) in [5, 5.41) is -0.376. The number of benzene rings is 1. The van der Waals surface area contributed by atoms with Crippen LogP contribution >= 0.6 is 27.5 Å². The highest BCUT2D eigenvalue weighted by Gasteiger charge is 2.16. The van der Waals surface area contributed by atoms with Crippen molar-refractivity contribution in [3.05, 3.63) is 32.3 Å². The van der Waals surface area contributed by atoms with Crippen LogP contribution in [0.15, 0.2) is 4.47 Å². The summed E-state index contributed by atoms with van der Waals surface area (Å²) in [5.74, 6) is 0. The molecule has 1 nitrogen and oxygen atoms in total. The molecule has 3 heteroatoms. The van der Waals surface area contributed by atoms with Crippen molar-refractivity contribution in [2.75, 3.05) is 0 Å². The van der Waals surface area contributed by atoms with Crippen molar-refractivity contribution >= 4 is 32.8 Å². The van der Waals surface area contributed by atoms with Crippen molar-refractivity contribution in [2.45, 2.75) is 27.7 Å². The molecule has 76 valence electrons. The summed E-state index contributed by atoms with van der Waals surface area (Å²) >= 11 is 9.07. The Morgan fingerprint density at radius 2 is 1.36 bits per heavy atom. The highest BCUT2D eigenvalue weighted by atomic mass is 79.9. The maximum absolute atomic E-state index is 11.3. The van der Waals surface area contributed by atoms with Gasteiger partial charge in [-0.2, -0.15) is 0 Å². The fourth-order valence-corrected chi connectivity index (χ4v) is 2.44. The normalized spacial score (nSPS) is 10.4. The van der Waals surface area contributed by atoms with E-state index in [1.807, 2.05) is 27.7 Å². The van der Waals surface area contributed by atoms with Crippen LogP contribution in [0.5, 0.6) is 0 Å². The zero-order valence-electron chi connectivity index (χ0n) is 8.66. The van der Waals surface area contributed by atoms with Crippen molar-refractivity contribution in [1.82, 2.24) is 0 Å². The van der Waals surface area contributed by atoms with E-state index in [1.54, 1.807) is 0 Å². The van der Waals surface area contributed by atoms with Crippen LogP contribution in [0.3, 0.4) is 0 Å². The molecule has 0 aliphatic rings. The first kappa shape index (κ1) is 11.7. The lowest BCUT2D eigenvalue weighted by molar-refractivity contribution is 0.108. The molecule has 0 spiro atoms. The minimum absolute atomic E-state index is 0.376. The molecule has 0 aromatic heterocycles. The molecule has 0 amide bonds. The van der Waals surface area contributed by atoms with Crippen molar-refractivity contribution in [1.29, 1.82) is 0 Å². The summed E-state index contributed by atoms with van der Waals surface area (Å²) in [6, 6.07) is 0. The van der Waals surface area contributed by atoms with Gasteiger partial charge in [0.15, 0.2) is 0 Å². The molecule has 0 N–H and O–H groups in total. The van der Waals surface area contributed by atoms with Gasteiger partial charge in [-0.25, -0.2) is 0 Å². The van der Waals surface area contributed by atoms with Gasteiger partial charge in [0.05, 0.1) is 0 Å². The Labute approximate surface area is 97.6 Å². The first-order valence-electron chi connectivity index (χ1n) is 4.33. The first-order valence-corrected chi connectivity index (χ1v) is 5.50. The molecule has 1 aromatic rings. The van der Waals surface area contributed by atoms with E-state index in [9.17, 15) is 4.79 Å². The van der Waals surface area contributed by atoms with E-state index in [0.29, 0.717) is 5.56 Å². The molecule has 0 fully saturated rings. The van der Waals surface area contributed by atoms with Crippen LogP contribution in [-0.2, 0) is 0 Å². The van der Waals surface area contributed by atoms with Gasteiger partial charge < -0.3 is 0 Å². The molecule has 0 saturated heterocycles. The second kappa shape index (κ2) is 4.03. The molecule has 0 saturated carbocycles. The molecule has 0 heterocycles. The number of halogens is 2. The Morgan fingerprint density at radius 1 is 1.00 bits per heavy atom. The summed E-state index contributed by atoms with van der Waals surface area (Å²) in [6.07, 6.45) is 0. The third kappa shape index (κ3) is 1.73. The van der Waals surface area contributed by atoms with Crippen LogP contribution in [0.4, 0.5) is 0 Å². The van der Waals surface area contributed by atoms with Gasteiger partial charge in [-0.3, -0.25) is 4.79 Å². The SMILES string of the molecule is Cc1c(C)c(C(=O)Cl)c(C)c(C)c1Br. The van der Waals surface area contributed by atoms with Crippen LogP contribution in [-0.4, -0.2) is 5.24 Å². The summed E-state index contributed by atoms with van der Waals surface area (Å²) in [7, 11) is 0. The van der Waals surface area contributed by atoms with Gasteiger partial charge in [0.25, 0.3) is 5.24 Å². The quantitative estimate of drug-likeness (QED) is 0.706. The van der Waals surface area contributed by atoms with Crippen LogP contribution < -0.4 is 0 Å². The lowest BCUT2D eigenvalue weighted by Gasteiger charge is -2.14. The van der Waals surface area contributed by atoms with Crippen molar-refractivity contribution in [2.24, 2.45) is 0 Å². The molecule has 0 bridgehead atoms. The molecule has 0 radical (unpaired) electrons. The predicted octanol–water partition coefficient (Wildman–Crippen LogP) is 4.06. The average molecular weight is 276 g/mol. The highest BCUT2D eigenvalue weighted by Crippen LogP contribution is 2.31. The van der Waals surface area contributed by atoms with Crippen molar-refractivity contribution in [3.63, 3.8) is 0 Å². The summed E-state index contributed by atoms with van der Waals surface area (Å²) < 4.78 is 1.06. The predicted molar refractivity (Wildman–Crippen MR) is 63.3 cm³/mol. The van der Waals surface area contributed by atoms with Gasteiger partial charge in [0.1, 0.15) is 0 Å². The fraction of sp³-hybridized carbons (Fsp3) is 0.364. The van der Waals surface area contributed by atoms with Crippen LogP contribution in [0, 0.1) is 27.7 Å². The smallest absolute Gasteiger partial charge is 0.252 e. The molecule has 0 atom stereocenters. The molecular formula is C11H12BrClO. The van der Waals surface area contributed by atoms with E-state index < -0.39 is 0 Å². The fourth-order valence-electron chi connectivity index (χ4n) is 1.56. The molecular weight excluding hydrogens is 263 g/mol. The van der Waals surface area contributed by atoms with E-state index in [4.69, 9.17) is 11.6 Å². The van der Waals surface area contributed by atoms with Gasteiger partial charge in [0, 0.05) is 10.0 Å². The molecule has 14 heavy (non-hydrogen) atoms. The lowest BCUT2D eigenvalue weighted by Crippen LogP contribution is -2.03. The topological polar surface area (TPSA) is 17.1 Å². The summed E-state index contributed by atoms with van der Waals surface area (Å²) in [5.41, 5.74) is 4.72. The summed E-state index contributed by atoms with van der Waals surface area (Å²) in [4.78, 5) is 11.3. The molecule has 0 aliphatic heterocycles. The van der Waals surface area contributed by atoms with E-state index in [1.165, 1.54) is 0 Å². The number of rotatable bonds is 1. The Morgan fingerprint density at radius 3 is 1.64 bits per heavy atom. The largest absolute Gasteiger partial charge is 0.276 e. The minimum Gasteiger partial charge on any atom is -0.276 e. The third-order valence-electron chi connectivity index (χ3n) is 2.73. The zero-order valence-corrected chi connectivity index (χ0v) is 11.0. The standard InChI is InChI=1S/C11H12BrClO/c1-5-7(3)10(12)8(4)6(2)9(5)11(13)14/h1-4H3. The van der Waals surface area contributed by atoms with Gasteiger partial charge >= 0.3 is 0 Å². The Bertz CT molecular complexity index is 381. The maximum Gasteiger partial charge on any atom is 0.252 e. The molecule has 0 aliphatic carbocycles. The van der Waals surface area contributed by atoms with Crippen LogP contribution in [0.25, 0.3) is 0 Å². The first-order chi connectivity index (χ1) is 6.37. The number of hydrogen-bond donors (Lipinski definition) is 0. The minimum atomic E-state index is -0.376. The van der Waals surface area contributed by atoms with Gasteiger partial charge in [0.2, 0.25) is 0 Å². The Balaban J connectivity index is 3.68. The number of carbonyl (C=O) groups is 1. The van der Waals surface area contributed by atoms with E-state index in [-0.39, 0.29) is 5.24 Å². The van der Waals surface area contributed by atoms with Crippen molar-refractivity contribution in [3.8, 4) is 0 Å². The average Bonchev–Trinajstić information content (AvgIpc) is 2.11. The third-order valence-corrected chi connectivity index (χ3v) is 4.11. The lowest BCUT2D eigenvalue weighted by atomic mass is 9.95. The van der Waals surface area contributed by atoms with E-state index in [2.05, 4.69) is 15.9 Å². The molecule has 1 aromatic carbocycles. The van der Waals surface area contributed by atoms with Crippen LogP contribution in [0.2, 0.25) is 0 Å². The summed E-state index contributed by atoms with van der Waals surface area (Å²) in [6.45, 7) is 7.80. The van der Waals surface area contributed by atoms with E-state index in [0.717, 1.165) is 26.7 Å². The second-order valence-corrected chi connectivity index (χ2v) is 4.60. The number of carbonyl (C=O) groups excluding carboxylic acids is 1. The molecule has 1 rings (SSSR count). The van der Waals surface area contributed by atoms with E-state index >= 15 is 0 Å². The van der Waals surface area contributed by atoms with Crippen LogP contribution in [0.1, 0.15) is 32.6 Å². The second-order valence-electron chi connectivity index (χ2n) is 3.46. The Hall–Kier alpha value is -0.340.